The minimum atomic E-state index is -0.826. The van der Waals surface area contributed by atoms with Crippen LogP contribution < -0.4 is 0 Å². The first-order chi connectivity index (χ1) is 8.47. The monoisotopic (exact) mass is 250 g/mol. The lowest BCUT2D eigenvalue weighted by atomic mass is 9.94. The van der Waals surface area contributed by atoms with Gasteiger partial charge in [-0.15, -0.1) is 0 Å². The molecule has 1 aliphatic carbocycles. The quantitative estimate of drug-likeness (QED) is 0.672. The van der Waals surface area contributed by atoms with Gasteiger partial charge >= 0.3 is 5.97 Å². The summed E-state index contributed by atoms with van der Waals surface area (Å²) in [6.07, 6.45) is 10.4. The van der Waals surface area contributed by atoms with Gasteiger partial charge in [0.25, 0.3) is 0 Å². The lowest BCUT2D eigenvalue weighted by molar-refractivity contribution is -0.131. The lowest BCUT2D eigenvalue weighted by Gasteiger charge is -2.12. The van der Waals surface area contributed by atoms with Crippen LogP contribution >= 0.6 is 0 Å². The van der Waals surface area contributed by atoms with Crippen molar-refractivity contribution < 1.29 is 9.90 Å². The van der Waals surface area contributed by atoms with Crippen molar-refractivity contribution in [2.24, 2.45) is 11.8 Å². The van der Waals surface area contributed by atoms with Crippen LogP contribution in [0.3, 0.4) is 0 Å². The first-order valence-electron chi connectivity index (χ1n) is 7.10. The molecule has 0 bridgehead atoms. The average Bonchev–Trinajstić information content (AvgIpc) is 2.63. The third-order valence-electron chi connectivity index (χ3n) is 3.52. The minimum absolute atomic E-state index is 0.721. The van der Waals surface area contributed by atoms with Gasteiger partial charge in [0.05, 0.1) is 0 Å². The topological polar surface area (TPSA) is 37.3 Å². The second-order valence-electron chi connectivity index (χ2n) is 5.99. The molecule has 0 aromatic heterocycles. The van der Waals surface area contributed by atoms with E-state index in [1.54, 1.807) is 0 Å². The molecule has 0 saturated carbocycles. The Morgan fingerprint density at radius 3 is 2.67 bits per heavy atom. The number of hydrogen-bond donors (Lipinski definition) is 1. The molecule has 2 nitrogen and oxygen atoms in total. The van der Waals surface area contributed by atoms with Crippen molar-refractivity contribution in [2.45, 2.75) is 59.3 Å². The maximum atomic E-state index is 10.6. The molecule has 0 saturated heterocycles. The highest BCUT2D eigenvalue weighted by Crippen LogP contribution is 2.29. The molecule has 1 N–H and O–H groups in total. The molecule has 18 heavy (non-hydrogen) atoms. The zero-order valence-electron chi connectivity index (χ0n) is 11.9. The molecule has 1 atom stereocenters. The Morgan fingerprint density at radius 1 is 1.33 bits per heavy atom. The van der Waals surface area contributed by atoms with Crippen LogP contribution in [-0.4, -0.2) is 11.1 Å². The van der Waals surface area contributed by atoms with Crippen LogP contribution in [0.25, 0.3) is 0 Å². The molecule has 0 aromatic carbocycles. The highest BCUT2D eigenvalue weighted by Gasteiger charge is 2.13. The van der Waals surface area contributed by atoms with Crippen LogP contribution in [0.4, 0.5) is 0 Å². The third-order valence-corrected chi connectivity index (χ3v) is 3.52. The van der Waals surface area contributed by atoms with Crippen molar-refractivity contribution in [1.29, 1.82) is 0 Å². The van der Waals surface area contributed by atoms with Gasteiger partial charge in [0, 0.05) is 6.08 Å². The van der Waals surface area contributed by atoms with E-state index in [1.165, 1.54) is 30.9 Å². The summed E-state index contributed by atoms with van der Waals surface area (Å²) >= 11 is 0. The molecule has 1 aliphatic rings. The summed E-state index contributed by atoms with van der Waals surface area (Å²) in [6, 6.07) is 0. The number of carboxylic acid groups (broad SMARTS) is 1. The molecule has 0 radical (unpaired) electrons. The lowest BCUT2D eigenvalue weighted by Crippen LogP contribution is -1.97. The maximum absolute atomic E-state index is 10.6. The van der Waals surface area contributed by atoms with Gasteiger partial charge in [-0.05, 0) is 36.7 Å². The Morgan fingerprint density at radius 2 is 2.06 bits per heavy atom. The van der Waals surface area contributed by atoms with Crippen molar-refractivity contribution in [3.8, 4) is 0 Å². The third kappa shape index (κ3) is 6.04. The summed E-state index contributed by atoms with van der Waals surface area (Å²) in [5.74, 6) is 0.694. The highest BCUT2D eigenvalue weighted by molar-refractivity contribution is 5.81. The van der Waals surface area contributed by atoms with Crippen LogP contribution in [0.15, 0.2) is 23.3 Å². The van der Waals surface area contributed by atoms with E-state index in [1.807, 2.05) is 0 Å². The van der Waals surface area contributed by atoms with E-state index in [2.05, 4.69) is 26.8 Å². The average molecular weight is 250 g/mol. The molecular weight excluding hydrogens is 224 g/mol. The Bertz CT molecular complexity index is 337. The van der Waals surface area contributed by atoms with E-state index < -0.39 is 5.97 Å². The van der Waals surface area contributed by atoms with E-state index in [-0.39, 0.29) is 0 Å². The first kappa shape index (κ1) is 15.0. The zero-order valence-corrected chi connectivity index (χ0v) is 11.9. The van der Waals surface area contributed by atoms with Crippen LogP contribution in [0.2, 0.25) is 0 Å². The van der Waals surface area contributed by atoms with Gasteiger partial charge in [-0.25, -0.2) is 4.79 Å². The smallest absolute Gasteiger partial charge is 0.328 e. The minimum Gasteiger partial charge on any atom is -0.478 e. The standard InChI is InChI=1S/C16H26O2/c1-12(2)5-4-6-13(3)9-14-7-8-15(10-14)11-16(17)18/h10-13H,4-9H2,1-3H3,(H,17,18). The number of allylic oxidation sites excluding steroid dienone is 3. The molecule has 0 amide bonds. The van der Waals surface area contributed by atoms with Gasteiger partial charge in [-0.3, -0.25) is 0 Å². The Labute approximate surface area is 111 Å². The molecule has 1 rings (SSSR count). The fourth-order valence-corrected chi connectivity index (χ4v) is 2.57. The number of carbonyl (C=O) groups is 1. The Balaban J connectivity index is 2.32. The molecule has 102 valence electrons. The van der Waals surface area contributed by atoms with E-state index in [0.29, 0.717) is 0 Å². The normalized spacial score (nSPS) is 19.3. The second-order valence-corrected chi connectivity index (χ2v) is 5.99. The summed E-state index contributed by atoms with van der Waals surface area (Å²) in [5, 5.41) is 8.70. The molecule has 2 heteroatoms. The summed E-state index contributed by atoms with van der Waals surface area (Å²) in [6.45, 7) is 6.85. The maximum Gasteiger partial charge on any atom is 0.328 e. The van der Waals surface area contributed by atoms with Gasteiger partial charge in [0.2, 0.25) is 0 Å². The molecule has 0 aromatic rings. The summed E-state index contributed by atoms with van der Waals surface area (Å²) in [7, 11) is 0. The van der Waals surface area contributed by atoms with Crippen molar-refractivity contribution in [3.63, 3.8) is 0 Å². The van der Waals surface area contributed by atoms with E-state index in [0.717, 1.165) is 36.7 Å². The van der Waals surface area contributed by atoms with Crippen LogP contribution in [0.1, 0.15) is 59.3 Å². The van der Waals surface area contributed by atoms with Crippen LogP contribution in [0.5, 0.6) is 0 Å². The van der Waals surface area contributed by atoms with E-state index in [4.69, 9.17) is 5.11 Å². The predicted octanol–water partition coefficient (Wildman–Crippen LogP) is 4.57. The molecular formula is C16H26O2. The predicted molar refractivity (Wildman–Crippen MR) is 75.5 cm³/mol. The van der Waals surface area contributed by atoms with Crippen molar-refractivity contribution in [1.82, 2.24) is 0 Å². The molecule has 1 unspecified atom stereocenters. The fraction of sp³-hybridized carbons (Fsp3) is 0.688. The zero-order chi connectivity index (χ0) is 13.5. The SMILES string of the molecule is CC(C)CCCC(C)CC1=CC(=CC(=O)O)CC1. The molecule has 0 spiro atoms. The van der Waals surface area contributed by atoms with Gasteiger partial charge < -0.3 is 5.11 Å². The molecule has 0 fully saturated rings. The van der Waals surface area contributed by atoms with Crippen molar-refractivity contribution >= 4 is 5.97 Å². The Hall–Kier alpha value is -1.05. The summed E-state index contributed by atoms with van der Waals surface area (Å²) < 4.78 is 0. The van der Waals surface area contributed by atoms with Crippen LogP contribution in [-0.2, 0) is 4.79 Å². The van der Waals surface area contributed by atoms with Gasteiger partial charge in [-0.2, -0.15) is 0 Å². The van der Waals surface area contributed by atoms with Crippen LogP contribution in [0, 0.1) is 11.8 Å². The van der Waals surface area contributed by atoms with Gasteiger partial charge in [0.15, 0.2) is 0 Å². The van der Waals surface area contributed by atoms with Gasteiger partial charge in [0.1, 0.15) is 0 Å². The largest absolute Gasteiger partial charge is 0.478 e. The van der Waals surface area contributed by atoms with Crippen molar-refractivity contribution in [3.05, 3.63) is 23.3 Å². The summed E-state index contributed by atoms with van der Waals surface area (Å²) in [4.78, 5) is 10.6. The number of carboxylic acids is 1. The fourth-order valence-electron chi connectivity index (χ4n) is 2.57. The Kier molecular flexibility index (Phi) is 6.17. The van der Waals surface area contributed by atoms with Crippen molar-refractivity contribution in [2.75, 3.05) is 0 Å². The highest BCUT2D eigenvalue weighted by atomic mass is 16.4. The molecule has 0 heterocycles. The van der Waals surface area contributed by atoms with E-state index >= 15 is 0 Å². The number of rotatable bonds is 7. The number of aliphatic carboxylic acids is 1. The second kappa shape index (κ2) is 7.40. The van der Waals surface area contributed by atoms with E-state index in [9.17, 15) is 4.79 Å². The molecule has 0 aliphatic heterocycles. The first-order valence-corrected chi connectivity index (χ1v) is 7.10. The van der Waals surface area contributed by atoms with Gasteiger partial charge in [-0.1, -0.05) is 51.7 Å². The summed E-state index contributed by atoms with van der Waals surface area (Å²) in [5.41, 5.74) is 2.41. The number of hydrogen-bond acceptors (Lipinski definition) is 1.